The lowest BCUT2D eigenvalue weighted by atomic mass is 10.2. The molecule has 0 saturated heterocycles. The van der Waals surface area contributed by atoms with Crippen molar-refractivity contribution in [3.63, 3.8) is 0 Å². The molecule has 1 aromatic carbocycles. The molecule has 2 amide bonds. The third kappa shape index (κ3) is 5.72. The Hall–Kier alpha value is -2.09. The zero-order chi connectivity index (χ0) is 16.8. The van der Waals surface area contributed by atoms with Gasteiger partial charge in [0, 0.05) is 7.05 Å². The molecule has 22 heavy (non-hydrogen) atoms. The zero-order valence-corrected chi connectivity index (χ0v) is 13.6. The van der Waals surface area contributed by atoms with Gasteiger partial charge in [-0.1, -0.05) is 32.0 Å². The molecule has 1 rings (SSSR count). The lowest BCUT2D eigenvalue weighted by Gasteiger charge is -2.17. The van der Waals surface area contributed by atoms with Gasteiger partial charge >= 0.3 is 6.09 Å². The van der Waals surface area contributed by atoms with Gasteiger partial charge in [-0.05, 0) is 18.1 Å². The summed E-state index contributed by atoms with van der Waals surface area (Å²) in [5.74, 6) is -0.641. The quantitative estimate of drug-likeness (QED) is 0.847. The molecule has 0 saturated carbocycles. The molecule has 0 spiro atoms. The molecule has 1 N–H and O–H groups in total. The average Bonchev–Trinajstić information content (AvgIpc) is 2.44. The number of likely N-dealkylation sites (N-methyl/N-ethyl adjacent to an activating group) is 1. The molecule has 0 aromatic heterocycles. The van der Waals surface area contributed by atoms with Gasteiger partial charge < -0.3 is 9.64 Å². The second kappa shape index (κ2) is 7.79. The van der Waals surface area contributed by atoms with Crippen molar-refractivity contribution < 1.29 is 22.7 Å². The monoisotopic (exact) mass is 328 g/mol. The fourth-order valence-corrected chi connectivity index (χ4v) is 2.47. The van der Waals surface area contributed by atoms with Crippen LogP contribution in [0.2, 0.25) is 0 Å². The molecule has 8 heteroatoms. The van der Waals surface area contributed by atoms with Crippen LogP contribution in [-0.4, -0.2) is 45.5 Å². The molecular formula is C14H20N2O5S. The van der Waals surface area contributed by atoms with Gasteiger partial charge in [0.05, 0.1) is 11.5 Å². The maximum absolute atomic E-state index is 11.9. The maximum atomic E-state index is 11.9. The van der Waals surface area contributed by atoms with Crippen molar-refractivity contribution in [3.8, 4) is 0 Å². The van der Waals surface area contributed by atoms with Crippen LogP contribution in [0, 0.1) is 5.92 Å². The number of hydrogen-bond donors (Lipinski definition) is 1. The van der Waals surface area contributed by atoms with Crippen LogP contribution < -0.4 is 4.72 Å². The number of carbonyl (C=O) groups is 2. The third-order valence-electron chi connectivity index (χ3n) is 2.53. The van der Waals surface area contributed by atoms with Crippen LogP contribution in [0.5, 0.6) is 0 Å². The van der Waals surface area contributed by atoms with Crippen molar-refractivity contribution >= 4 is 22.0 Å². The summed E-state index contributed by atoms with van der Waals surface area (Å²) in [4.78, 5) is 24.3. The van der Waals surface area contributed by atoms with E-state index >= 15 is 0 Å². The first-order valence-electron chi connectivity index (χ1n) is 6.71. The zero-order valence-electron chi connectivity index (χ0n) is 12.8. The van der Waals surface area contributed by atoms with Gasteiger partial charge in [-0.25, -0.2) is 17.9 Å². The number of amides is 2. The van der Waals surface area contributed by atoms with Gasteiger partial charge in [0.1, 0.15) is 6.54 Å². The maximum Gasteiger partial charge on any atom is 0.409 e. The summed E-state index contributed by atoms with van der Waals surface area (Å²) in [6.07, 6.45) is -0.680. The first-order chi connectivity index (χ1) is 10.2. The predicted octanol–water partition coefficient (Wildman–Crippen LogP) is 1.22. The Morgan fingerprint density at radius 3 is 2.36 bits per heavy atom. The van der Waals surface area contributed by atoms with Gasteiger partial charge in [-0.2, -0.15) is 0 Å². The smallest absolute Gasteiger partial charge is 0.409 e. The molecule has 0 aliphatic carbocycles. The number of carbonyl (C=O) groups excluding carboxylic acids is 2. The Kier molecular flexibility index (Phi) is 6.36. The molecule has 7 nitrogen and oxygen atoms in total. The molecule has 1 aromatic rings. The topological polar surface area (TPSA) is 92.8 Å². The Morgan fingerprint density at radius 2 is 1.82 bits per heavy atom. The Balaban J connectivity index is 2.57. The van der Waals surface area contributed by atoms with Crippen molar-refractivity contribution in [1.82, 2.24) is 9.62 Å². The highest BCUT2D eigenvalue weighted by Crippen LogP contribution is 2.07. The van der Waals surface area contributed by atoms with Crippen LogP contribution >= 0.6 is 0 Å². The van der Waals surface area contributed by atoms with E-state index in [1.165, 1.54) is 19.2 Å². The SMILES string of the molecule is CC(C)COC(=O)N(C)CC(=O)NS(=O)(=O)c1ccccc1. The molecule has 0 radical (unpaired) electrons. The molecule has 0 aliphatic heterocycles. The first-order valence-corrected chi connectivity index (χ1v) is 8.19. The van der Waals surface area contributed by atoms with Gasteiger partial charge in [0.25, 0.3) is 15.9 Å². The van der Waals surface area contributed by atoms with E-state index in [1.54, 1.807) is 18.2 Å². The van der Waals surface area contributed by atoms with Crippen LogP contribution in [0.3, 0.4) is 0 Å². The lowest BCUT2D eigenvalue weighted by molar-refractivity contribution is -0.120. The highest BCUT2D eigenvalue weighted by molar-refractivity contribution is 7.90. The molecule has 0 unspecified atom stereocenters. The Labute approximate surface area is 130 Å². The highest BCUT2D eigenvalue weighted by Gasteiger charge is 2.20. The van der Waals surface area contributed by atoms with Crippen LogP contribution in [0.25, 0.3) is 0 Å². The van der Waals surface area contributed by atoms with E-state index < -0.39 is 28.6 Å². The summed E-state index contributed by atoms with van der Waals surface area (Å²) in [6, 6.07) is 7.51. The Bertz CT molecular complexity index is 613. The van der Waals surface area contributed by atoms with Crippen LogP contribution in [0.15, 0.2) is 35.2 Å². The van der Waals surface area contributed by atoms with E-state index in [0.717, 1.165) is 4.90 Å². The summed E-state index contributed by atoms with van der Waals surface area (Å²) in [5.41, 5.74) is 0. The fourth-order valence-electron chi connectivity index (χ4n) is 1.47. The first kappa shape index (κ1) is 18.0. The molecule has 0 aliphatic rings. The van der Waals surface area contributed by atoms with E-state index in [-0.39, 0.29) is 17.4 Å². The molecule has 0 bridgehead atoms. The lowest BCUT2D eigenvalue weighted by Crippen LogP contribution is -2.41. The van der Waals surface area contributed by atoms with E-state index in [1.807, 2.05) is 18.6 Å². The number of nitrogens with zero attached hydrogens (tertiary/aromatic N) is 1. The number of nitrogens with one attached hydrogen (secondary N) is 1. The van der Waals surface area contributed by atoms with Crippen molar-refractivity contribution in [2.24, 2.45) is 5.92 Å². The van der Waals surface area contributed by atoms with Gasteiger partial charge in [-0.3, -0.25) is 4.79 Å². The number of hydrogen-bond acceptors (Lipinski definition) is 5. The minimum absolute atomic E-state index is 0.0200. The standard InChI is InChI=1S/C14H20N2O5S/c1-11(2)10-21-14(18)16(3)9-13(17)15-22(19,20)12-7-5-4-6-8-12/h4-8,11H,9-10H2,1-3H3,(H,15,17). The van der Waals surface area contributed by atoms with Crippen LogP contribution in [0.1, 0.15) is 13.8 Å². The fraction of sp³-hybridized carbons (Fsp3) is 0.429. The minimum Gasteiger partial charge on any atom is -0.449 e. The van der Waals surface area contributed by atoms with E-state index in [9.17, 15) is 18.0 Å². The number of benzene rings is 1. The van der Waals surface area contributed by atoms with E-state index in [4.69, 9.17) is 4.74 Å². The average molecular weight is 328 g/mol. The van der Waals surface area contributed by atoms with Crippen LogP contribution in [0.4, 0.5) is 4.79 Å². The van der Waals surface area contributed by atoms with Crippen molar-refractivity contribution in [2.75, 3.05) is 20.2 Å². The van der Waals surface area contributed by atoms with Crippen LogP contribution in [-0.2, 0) is 19.6 Å². The Morgan fingerprint density at radius 1 is 1.23 bits per heavy atom. The number of ether oxygens (including phenoxy) is 1. The number of sulfonamides is 1. The molecule has 0 fully saturated rings. The van der Waals surface area contributed by atoms with Crippen molar-refractivity contribution in [1.29, 1.82) is 0 Å². The third-order valence-corrected chi connectivity index (χ3v) is 3.92. The second-order valence-electron chi connectivity index (χ2n) is 5.17. The van der Waals surface area contributed by atoms with Gasteiger partial charge in [0.2, 0.25) is 0 Å². The van der Waals surface area contributed by atoms with Gasteiger partial charge in [0.15, 0.2) is 0 Å². The minimum atomic E-state index is -3.93. The van der Waals surface area contributed by atoms with Crippen molar-refractivity contribution in [2.45, 2.75) is 18.7 Å². The summed E-state index contributed by atoms with van der Waals surface area (Å²) in [7, 11) is -2.58. The molecular weight excluding hydrogens is 308 g/mol. The highest BCUT2D eigenvalue weighted by atomic mass is 32.2. The largest absolute Gasteiger partial charge is 0.449 e. The summed E-state index contributed by atoms with van der Waals surface area (Å²) < 4.78 is 30.7. The van der Waals surface area contributed by atoms with E-state index in [2.05, 4.69) is 0 Å². The normalized spacial score (nSPS) is 11.1. The summed E-state index contributed by atoms with van der Waals surface area (Å²) in [5, 5.41) is 0. The summed E-state index contributed by atoms with van der Waals surface area (Å²) >= 11 is 0. The van der Waals surface area contributed by atoms with E-state index in [0.29, 0.717) is 0 Å². The predicted molar refractivity (Wildman–Crippen MR) is 80.6 cm³/mol. The summed E-state index contributed by atoms with van der Waals surface area (Å²) in [6.45, 7) is 3.58. The number of rotatable bonds is 6. The second-order valence-corrected chi connectivity index (χ2v) is 6.85. The van der Waals surface area contributed by atoms with Crippen molar-refractivity contribution in [3.05, 3.63) is 30.3 Å². The molecule has 0 atom stereocenters. The molecule has 122 valence electrons. The van der Waals surface area contributed by atoms with Gasteiger partial charge in [-0.15, -0.1) is 0 Å². The molecule has 0 heterocycles.